The van der Waals surface area contributed by atoms with Crippen molar-refractivity contribution in [3.63, 3.8) is 0 Å². The number of quaternary nitrogens is 1. The summed E-state index contributed by atoms with van der Waals surface area (Å²) in [5, 5.41) is 11.8. The SMILES string of the molecule is CCCCCCC/C=C\C/C=C\C/C=C\CCCCCCCCCCCCCCCCCCCCCCCCC(=O)OC(COC(=O)CCCCCCCCCCC/C=C\CCCCCCCCCC)COC(OCC[N+](C)(C)C)C(=O)[O-]. The molecule has 0 amide bonds. The first-order chi connectivity index (χ1) is 40.6. The number of likely N-dealkylation sites (N-methyl/N-ethyl adjacent to an activating group) is 1. The Morgan fingerprint density at radius 3 is 0.976 bits per heavy atom. The summed E-state index contributed by atoms with van der Waals surface area (Å²) in [6, 6.07) is 0. The molecule has 0 aliphatic carbocycles. The molecule has 0 aromatic rings. The maximum atomic E-state index is 12.9. The molecule has 0 spiro atoms. The van der Waals surface area contributed by atoms with E-state index in [0.29, 0.717) is 23.9 Å². The Bertz CT molecular complexity index is 1500. The smallest absolute Gasteiger partial charge is 0.306 e. The number of carboxylic acids is 1. The van der Waals surface area contributed by atoms with Crippen molar-refractivity contribution in [3.8, 4) is 0 Å². The fraction of sp³-hybridized carbons (Fsp3) is 0.851. The molecular formula is C74H137NO8. The zero-order valence-corrected chi connectivity index (χ0v) is 55.6. The Balaban J connectivity index is 4.01. The number of unbranched alkanes of at least 4 members (excludes halogenated alkanes) is 44. The molecule has 0 fully saturated rings. The predicted octanol–water partition coefficient (Wildman–Crippen LogP) is 20.8. The third-order valence-corrected chi connectivity index (χ3v) is 16.0. The minimum Gasteiger partial charge on any atom is -0.545 e. The van der Waals surface area contributed by atoms with Crippen molar-refractivity contribution in [2.45, 2.75) is 360 Å². The van der Waals surface area contributed by atoms with Gasteiger partial charge in [0.1, 0.15) is 13.2 Å². The fourth-order valence-electron chi connectivity index (χ4n) is 10.5. The zero-order chi connectivity index (χ0) is 60.5. The predicted molar refractivity (Wildman–Crippen MR) is 352 cm³/mol. The van der Waals surface area contributed by atoms with E-state index in [2.05, 4.69) is 62.5 Å². The lowest BCUT2D eigenvalue weighted by Gasteiger charge is -2.26. The van der Waals surface area contributed by atoms with Crippen LogP contribution in [-0.4, -0.2) is 82.3 Å². The summed E-state index contributed by atoms with van der Waals surface area (Å²) >= 11 is 0. The van der Waals surface area contributed by atoms with Crippen LogP contribution >= 0.6 is 0 Å². The normalized spacial score (nSPS) is 12.9. The number of hydrogen-bond donors (Lipinski definition) is 0. The highest BCUT2D eigenvalue weighted by Crippen LogP contribution is 2.18. The first-order valence-electron chi connectivity index (χ1n) is 35.8. The van der Waals surface area contributed by atoms with Crippen molar-refractivity contribution in [1.82, 2.24) is 0 Å². The maximum absolute atomic E-state index is 12.9. The number of carboxylic acid groups (broad SMARTS) is 1. The van der Waals surface area contributed by atoms with Gasteiger partial charge in [0.05, 0.1) is 40.3 Å². The van der Waals surface area contributed by atoms with Gasteiger partial charge in [-0.1, -0.05) is 306 Å². The molecule has 0 bridgehead atoms. The molecule has 0 N–H and O–H groups in total. The minimum absolute atomic E-state index is 0.149. The lowest BCUT2D eigenvalue weighted by Crippen LogP contribution is -2.44. The number of carbonyl (C=O) groups is 3. The van der Waals surface area contributed by atoms with Crippen molar-refractivity contribution < 1.29 is 42.9 Å². The van der Waals surface area contributed by atoms with E-state index >= 15 is 0 Å². The molecule has 0 rings (SSSR count). The molecule has 0 saturated heterocycles. The summed E-state index contributed by atoms with van der Waals surface area (Å²) in [6.45, 7) is 4.79. The van der Waals surface area contributed by atoms with Gasteiger partial charge in [0.2, 0.25) is 0 Å². The number of aliphatic carboxylic acids is 1. The van der Waals surface area contributed by atoms with Crippen molar-refractivity contribution in [1.29, 1.82) is 0 Å². The number of esters is 2. The Morgan fingerprint density at radius 1 is 0.361 bits per heavy atom. The lowest BCUT2D eigenvalue weighted by molar-refractivity contribution is -0.870. The largest absolute Gasteiger partial charge is 0.545 e. The number of allylic oxidation sites excluding steroid dienone is 8. The molecular weight excluding hydrogens is 1030 g/mol. The van der Waals surface area contributed by atoms with Crippen molar-refractivity contribution >= 4 is 17.9 Å². The van der Waals surface area contributed by atoms with Gasteiger partial charge in [-0.3, -0.25) is 9.59 Å². The highest BCUT2D eigenvalue weighted by atomic mass is 16.7. The number of hydrogen-bond acceptors (Lipinski definition) is 8. The van der Waals surface area contributed by atoms with Crippen LogP contribution in [-0.2, 0) is 33.3 Å². The molecule has 9 heteroatoms. The average molecular weight is 1170 g/mol. The highest BCUT2D eigenvalue weighted by Gasteiger charge is 2.22. The van der Waals surface area contributed by atoms with Crippen LogP contribution in [0.5, 0.6) is 0 Å². The summed E-state index contributed by atoms with van der Waals surface area (Å²) in [6.07, 6.45) is 80.6. The van der Waals surface area contributed by atoms with E-state index in [4.69, 9.17) is 18.9 Å². The minimum atomic E-state index is -1.62. The van der Waals surface area contributed by atoms with Crippen LogP contribution in [0.2, 0.25) is 0 Å². The summed E-state index contributed by atoms with van der Waals surface area (Å²) in [5.74, 6) is -2.26. The van der Waals surface area contributed by atoms with Crippen LogP contribution < -0.4 is 5.11 Å². The summed E-state index contributed by atoms with van der Waals surface area (Å²) in [4.78, 5) is 37.5. The van der Waals surface area contributed by atoms with Crippen LogP contribution in [0.4, 0.5) is 0 Å². The van der Waals surface area contributed by atoms with E-state index in [1.165, 1.54) is 270 Å². The molecule has 0 radical (unpaired) electrons. The number of carbonyl (C=O) groups excluding carboxylic acids is 3. The van der Waals surface area contributed by atoms with Gasteiger partial charge in [-0.05, 0) is 77.0 Å². The molecule has 2 atom stereocenters. The third kappa shape index (κ3) is 66.6. The molecule has 0 aromatic carbocycles. The van der Waals surface area contributed by atoms with Crippen molar-refractivity contribution in [3.05, 3.63) is 48.6 Å². The molecule has 0 aliphatic heterocycles. The van der Waals surface area contributed by atoms with Crippen molar-refractivity contribution in [2.75, 3.05) is 47.5 Å². The number of ether oxygens (including phenoxy) is 4. The molecule has 0 aromatic heterocycles. The van der Waals surface area contributed by atoms with Gasteiger partial charge in [0.25, 0.3) is 0 Å². The van der Waals surface area contributed by atoms with E-state index in [1.54, 1.807) is 0 Å². The topological polar surface area (TPSA) is 111 Å². The van der Waals surface area contributed by atoms with Crippen LogP contribution in [0.3, 0.4) is 0 Å². The second kappa shape index (κ2) is 65.2. The lowest BCUT2D eigenvalue weighted by atomic mass is 10.0. The highest BCUT2D eigenvalue weighted by molar-refractivity contribution is 5.70. The van der Waals surface area contributed by atoms with Gasteiger partial charge in [0.15, 0.2) is 12.4 Å². The number of nitrogens with zero attached hydrogens (tertiary/aromatic N) is 1. The van der Waals surface area contributed by atoms with Gasteiger partial charge < -0.3 is 33.3 Å². The fourth-order valence-corrected chi connectivity index (χ4v) is 10.5. The Hall–Kier alpha value is -2.75. The molecule has 83 heavy (non-hydrogen) atoms. The van der Waals surface area contributed by atoms with E-state index in [0.717, 1.165) is 44.9 Å². The second-order valence-corrected chi connectivity index (χ2v) is 25.5. The average Bonchev–Trinajstić information content (AvgIpc) is 3.46. The molecule has 2 unspecified atom stereocenters. The first-order valence-corrected chi connectivity index (χ1v) is 35.8. The van der Waals surface area contributed by atoms with E-state index in [9.17, 15) is 19.5 Å². The van der Waals surface area contributed by atoms with E-state index in [1.807, 2.05) is 21.1 Å². The standard InChI is InChI=1S/C74H137NO8/c1-6-8-10-12-14-16-18-20-22-24-26-28-29-30-31-32-33-34-35-36-37-38-39-40-41-42-43-45-47-49-51-53-55-57-59-61-63-65-72(77)83-70(69-82-74(73(78)79)80-67-66-75(3,4)5)68-81-71(76)64-62-60-58-56-54-52-50-48-46-44-27-25-23-21-19-17-15-13-11-9-7-2/h18,20,24-27,29-30,70,74H,6-17,19,21-23,28,31-69H2,1-5H3/b20-18-,26-24-,27-25-,30-29-. The van der Waals surface area contributed by atoms with E-state index < -0.39 is 24.3 Å². The molecule has 0 heterocycles. The van der Waals surface area contributed by atoms with E-state index in [-0.39, 0.29) is 32.2 Å². The van der Waals surface area contributed by atoms with Crippen LogP contribution in [0.1, 0.15) is 348 Å². The first kappa shape index (κ1) is 80.2. The van der Waals surface area contributed by atoms with Crippen LogP contribution in [0.15, 0.2) is 48.6 Å². The monoisotopic (exact) mass is 1170 g/mol. The Morgan fingerprint density at radius 2 is 0.651 bits per heavy atom. The summed E-state index contributed by atoms with van der Waals surface area (Å²) < 4.78 is 22.8. The van der Waals surface area contributed by atoms with Gasteiger partial charge >= 0.3 is 11.9 Å². The Kier molecular flexibility index (Phi) is 63.1. The summed E-state index contributed by atoms with van der Waals surface area (Å²) in [5.41, 5.74) is 0. The zero-order valence-electron chi connectivity index (χ0n) is 55.6. The van der Waals surface area contributed by atoms with Crippen LogP contribution in [0, 0.1) is 0 Å². The van der Waals surface area contributed by atoms with Gasteiger partial charge in [0, 0.05) is 12.8 Å². The molecule has 9 nitrogen and oxygen atoms in total. The van der Waals surface area contributed by atoms with Crippen LogP contribution in [0.25, 0.3) is 0 Å². The number of rotatable bonds is 67. The second-order valence-electron chi connectivity index (χ2n) is 25.5. The molecule has 0 saturated carbocycles. The van der Waals surface area contributed by atoms with Gasteiger partial charge in [-0.25, -0.2) is 0 Å². The third-order valence-electron chi connectivity index (χ3n) is 16.0. The molecule has 486 valence electrons. The van der Waals surface area contributed by atoms with Crippen molar-refractivity contribution in [2.24, 2.45) is 0 Å². The quantitative estimate of drug-likeness (QED) is 0.0195. The summed E-state index contributed by atoms with van der Waals surface area (Å²) in [7, 11) is 5.94. The van der Waals surface area contributed by atoms with Gasteiger partial charge in [-0.15, -0.1) is 0 Å². The maximum Gasteiger partial charge on any atom is 0.306 e. The molecule has 0 aliphatic rings. The van der Waals surface area contributed by atoms with Gasteiger partial charge in [-0.2, -0.15) is 0 Å². The Labute approximate surface area is 514 Å².